The zero-order chi connectivity index (χ0) is 11.8. The molecule has 2 bridgehead atoms. The van der Waals surface area contributed by atoms with Gasteiger partial charge in [0.2, 0.25) is 5.38 Å². The highest BCUT2D eigenvalue weighted by molar-refractivity contribution is 6.37. The predicted molar refractivity (Wildman–Crippen MR) is 66.8 cm³/mol. The number of carbonyl (C=O) groups is 1. The third-order valence-electron chi connectivity index (χ3n) is 2.90. The summed E-state index contributed by atoms with van der Waals surface area (Å²) in [6.45, 7) is 0. The number of rotatable bonds is 0. The fraction of sp³-hybridized carbons (Fsp3) is 0.143. The van der Waals surface area contributed by atoms with E-state index in [-0.39, 0.29) is 24.0 Å². The monoisotopic (exact) mass is 372 g/mol. The predicted octanol–water partition coefficient (Wildman–Crippen LogP) is -0.448. The minimum Gasteiger partial charge on any atom is -1.00 e. The largest absolute Gasteiger partial charge is 1.00 e. The highest BCUT2D eigenvalue weighted by Crippen LogP contribution is 2.27. The maximum Gasteiger partial charge on any atom is 0.603 e. The van der Waals surface area contributed by atoms with Gasteiger partial charge in [-0.3, -0.25) is 4.42 Å². The van der Waals surface area contributed by atoms with Crippen LogP contribution in [0.4, 0.5) is 0 Å². The van der Waals surface area contributed by atoms with Gasteiger partial charge in [-0.15, -0.1) is 0 Å². The fourth-order valence-electron chi connectivity index (χ4n) is 2.05. The van der Waals surface area contributed by atoms with Crippen molar-refractivity contribution in [2.45, 2.75) is 11.8 Å². The van der Waals surface area contributed by atoms with Gasteiger partial charge >= 0.3 is 5.97 Å². The van der Waals surface area contributed by atoms with Gasteiger partial charge in [0, 0.05) is 6.08 Å². The molecule has 92 valence electrons. The van der Waals surface area contributed by atoms with Gasteiger partial charge < -0.3 is 24.0 Å². The molecule has 0 saturated heterocycles. The molecule has 0 amide bonds. The van der Waals surface area contributed by atoms with Crippen LogP contribution < -0.4 is 24.0 Å². The highest BCUT2D eigenvalue weighted by atomic mass is 127. The van der Waals surface area contributed by atoms with Crippen molar-refractivity contribution in [3.63, 3.8) is 0 Å². The van der Waals surface area contributed by atoms with E-state index in [1.807, 2.05) is 42.5 Å². The molecule has 0 fully saturated rings. The van der Waals surface area contributed by atoms with Gasteiger partial charge in [0.15, 0.2) is 0 Å². The second-order valence-electron chi connectivity index (χ2n) is 4.13. The van der Waals surface area contributed by atoms with Crippen molar-refractivity contribution in [1.29, 1.82) is 0 Å². The lowest BCUT2D eigenvalue weighted by Gasteiger charge is -2.06. The normalized spacial score (nSPS) is 29.4. The van der Waals surface area contributed by atoms with Crippen molar-refractivity contribution >= 4 is 23.4 Å². The Morgan fingerprint density at radius 2 is 1.89 bits per heavy atom. The Morgan fingerprint density at radius 3 is 2.67 bits per heavy atom. The van der Waals surface area contributed by atoms with Gasteiger partial charge in [-0.1, -0.05) is 42.0 Å². The number of ketones is 1. The van der Waals surface area contributed by atoms with E-state index < -0.39 is 11.3 Å². The smallest absolute Gasteiger partial charge is 0.603 e. The zero-order valence-corrected chi connectivity index (χ0v) is 12.3. The molecule has 3 aliphatic rings. The van der Waals surface area contributed by atoms with Crippen LogP contribution in [0.1, 0.15) is 6.42 Å². The van der Waals surface area contributed by atoms with Crippen LogP contribution in [0.25, 0.3) is 0 Å². The van der Waals surface area contributed by atoms with E-state index in [1.165, 1.54) is 5.57 Å². The molecule has 4 heteroatoms. The van der Waals surface area contributed by atoms with E-state index in [1.54, 1.807) is 0 Å². The lowest BCUT2D eigenvalue weighted by atomic mass is 9.96. The first kappa shape index (κ1) is 13.5. The maximum atomic E-state index is 11.4. The van der Waals surface area contributed by atoms with E-state index in [9.17, 15) is 4.79 Å². The third kappa shape index (κ3) is 2.42. The summed E-state index contributed by atoms with van der Waals surface area (Å²) in [6, 6.07) is 0. The molecule has 0 aromatic rings. The minimum absolute atomic E-state index is 0. The Morgan fingerprint density at radius 1 is 1.17 bits per heavy atom. The number of carbonyl (C=O) groups excluding carboxylic acids is 2. The van der Waals surface area contributed by atoms with Gasteiger partial charge in [-0.25, -0.2) is 0 Å². The Kier molecular flexibility index (Phi) is 4.02. The SMILES string of the molecule is O=C1[O+]=C2/C=C\C3=CC=CC=C(/C=C\2C1Cl)C3.[I-]. The molecule has 2 nitrogen and oxygen atoms in total. The second-order valence-corrected chi connectivity index (χ2v) is 4.56. The first-order chi connectivity index (χ1) is 8.24. The average molecular weight is 373 g/mol. The first-order valence-electron chi connectivity index (χ1n) is 5.43. The van der Waals surface area contributed by atoms with Crippen LogP contribution in [-0.2, 0) is 9.22 Å². The summed E-state index contributed by atoms with van der Waals surface area (Å²) in [6.07, 6.45) is 14.6. The van der Waals surface area contributed by atoms with Gasteiger partial charge in [-0.2, -0.15) is 0 Å². The maximum absolute atomic E-state index is 11.4. The van der Waals surface area contributed by atoms with E-state index in [0.29, 0.717) is 5.78 Å². The number of hydrogen-bond acceptors (Lipinski definition) is 1. The highest BCUT2D eigenvalue weighted by Gasteiger charge is 2.42. The zero-order valence-electron chi connectivity index (χ0n) is 9.40. The Labute approximate surface area is 127 Å². The number of hydrogen-bond donors (Lipinski definition) is 0. The van der Waals surface area contributed by atoms with Crippen LogP contribution in [-0.4, -0.2) is 17.1 Å². The van der Waals surface area contributed by atoms with Crippen LogP contribution in [0.3, 0.4) is 0 Å². The molecule has 0 N–H and O–H groups in total. The van der Waals surface area contributed by atoms with Gasteiger partial charge in [0.05, 0.1) is 10.4 Å². The number of halogens is 2. The summed E-state index contributed by atoms with van der Waals surface area (Å²) >= 11 is 6.02. The van der Waals surface area contributed by atoms with E-state index in [2.05, 4.69) is 0 Å². The quantitative estimate of drug-likeness (QED) is 0.322. The van der Waals surface area contributed by atoms with Gasteiger partial charge in [0.25, 0.3) is 5.78 Å². The van der Waals surface area contributed by atoms with Crippen LogP contribution in [0, 0.1) is 0 Å². The number of fused-ring (bicyclic) bond motifs is 3. The van der Waals surface area contributed by atoms with Gasteiger partial charge in [0.1, 0.15) is 0 Å². The number of allylic oxidation sites excluding steroid dienone is 9. The van der Waals surface area contributed by atoms with E-state index in [4.69, 9.17) is 16.0 Å². The Balaban J connectivity index is 0.00000120. The van der Waals surface area contributed by atoms with Crippen molar-refractivity contribution in [2.24, 2.45) is 0 Å². The molecule has 18 heavy (non-hydrogen) atoms. The summed E-state index contributed by atoms with van der Waals surface area (Å²) in [5.41, 5.74) is 3.07. The van der Waals surface area contributed by atoms with Crippen LogP contribution in [0.5, 0.6) is 0 Å². The molecule has 0 spiro atoms. The molecule has 0 aromatic carbocycles. The molecular formula is C14H10ClIO2. The van der Waals surface area contributed by atoms with Crippen molar-refractivity contribution in [1.82, 2.24) is 0 Å². The Bertz CT molecular complexity index is 577. The van der Waals surface area contributed by atoms with Crippen molar-refractivity contribution in [2.75, 3.05) is 0 Å². The molecule has 3 rings (SSSR count). The molecular weight excluding hydrogens is 363 g/mol. The summed E-state index contributed by atoms with van der Waals surface area (Å²) in [5, 5.41) is -0.687. The lowest BCUT2D eigenvalue weighted by Crippen LogP contribution is -3.00. The van der Waals surface area contributed by atoms with Crippen LogP contribution in [0.2, 0.25) is 0 Å². The summed E-state index contributed by atoms with van der Waals surface area (Å²) in [4.78, 5) is 11.4. The summed E-state index contributed by atoms with van der Waals surface area (Å²) in [5.74, 6) is 0.172. The molecule has 1 heterocycles. The molecule has 1 unspecified atom stereocenters. The van der Waals surface area contributed by atoms with Crippen molar-refractivity contribution in [3.8, 4) is 0 Å². The van der Waals surface area contributed by atoms with Crippen LogP contribution in [0.15, 0.2) is 59.3 Å². The second kappa shape index (κ2) is 5.36. The summed E-state index contributed by atoms with van der Waals surface area (Å²) in [7, 11) is 0. The fourth-order valence-corrected chi connectivity index (χ4v) is 2.27. The van der Waals surface area contributed by atoms with E-state index in [0.717, 1.165) is 17.6 Å². The molecule has 0 radical (unpaired) electrons. The summed E-state index contributed by atoms with van der Waals surface area (Å²) < 4.78 is 5.13. The van der Waals surface area contributed by atoms with Gasteiger partial charge in [-0.05, 0) is 23.6 Å². The molecule has 2 aliphatic carbocycles. The number of alkyl halides is 1. The minimum atomic E-state index is -0.687. The standard InChI is InChI=1S/C14H10ClO2.HI/c15-13-11-8-10-4-2-1-3-9(7-10)5-6-12(11)17-14(13)16;/h1-6,8,13H,7H2;1H/q+1;/p-1/b6-5-,11-8+;. The third-order valence-corrected chi connectivity index (χ3v) is 3.32. The van der Waals surface area contributed by atoms with Crippen LogP contribution >= 0.6 is 11.6 Å². The topological polar surface area (TPSA) is 28.4 Å². The average Bonchev–Trinajstić information content (AvgIpc) is 2.53. The Hall–Kier alpha value is -0.940. The lowest BCUT2D eigenvalue weighted by molar-refractivity contribution is -0.369. The molecule has 1 atom stereocenters. The van der Waals surface area contributed by atoms with Crippen molar-refractivity contribution in [3.05, 3.63) is 59.3 Å². The van der Waals surface area contributed by atoms with Crippen molar-refractivity contribution < 1.29 is 33.2 Å². The molecule has 0 saturated carbocycles. The molecule has 1 aliphatic heterocycles. The van der Waals surface area contributed by atoms with E-state index >= 15 is 0 Å². The molecule has 0 aromatic heterocycles. The first-order valence-corrected chi connectivity index (χ1v) is 5.87.